The van der Waals surface area contributed by atoms with Crippen molar-refractivity contribution < 1.29 is 4.79 Å². The summed E-state index contributed by atoms with van der Waals surface area (Å²) in [5.74, 6) is 0.811. The Labute approximate surface area is 196 Å². The second-order valence-electron chi connectivity index (χ2n) is 8.61. The molecule has 178 valence electrons. The number of rotatable bonds is 13. The number of unbranched alkanes of at least 4 members (excludes halogenated alkanes) is 3. The van der Waals surface area contributed by atoms with E-state index in [0.717, 1.165) is 41.9 Å². The molecule has 0 saturated heterocycles. The molecule has 0 radical (unpaired) electrons. The first-order valence-electron chi connectivity index (χ1n) is 12.2. The Balaban J connectivity index is 3.05. The van der Waals surface area contributed by atoms with Crippen molar-refractivity contribution in [2.24, 2.45) is 5.92 Å². The van der Waals surface area contributed by atoms with Crippen molar-refractivity contribution in [3.8, 4) is 0 Å². The third kappa shape index (κ3) is 8.57. The lowest BCUT2D eigenvalue weighted by molar-refractivity contribution is -0.124. The first-order chi connectivity index (χ1) is 15.3. The topological polar surface area (TPSA) is 44.4 Å². The number of allylic oxidation sites excluding steroid dienone is 3. The molecular formula is C28H45N3O. The molecule has 0 heterocycles. The first kappa shape index (κ1) is 27.5. The molecule has 4 heteroatoms. The number of aryl methyl sites for hydroxylation is 1. The van der Waals surface area contributed by atoms with E-state index in [9.17, 15) is 4.79 Å². The van der Waals surface area contributed by atoms with E-state index in [-0.39, 0.29) is 11.8 Å². The van der Waals surface area contributed by atoms with Crippen LogP contribution in [0, 0.1) is 12.8 Å². The third-order valence-electron chi connectivity index (χ3n) is 6.00. The van der Waals surface area contributed by atoms with Crippen LogP contribution in [0.1, 0.15) is 89.8 Å². The normalized spacial score (nSPS) is 13.7. The maximum atomic E-state index is 12.7. The molecule has 32 heavy (non-hydrogen) atoms. The molecule has 0 bridgehead atoms. The number of benzene rings is 1. The van der Waals surface area contributed by atoms with Gasteiger partial charge >= 0.3 is 0 Å². The van der Waals surface area contributed by atoms with Crippen molar-refractivity contribution >= 4 is 17.7 Å². The standard InChI is InChI=1S/C28H45N3O/c1-9-12-13-14-16-22(5)28(32)30-27(29-7)20-25-19-24(18-17-21(25)4)26(11-3)31(8)23(6)15-10-2/h11,15,17-20,22,29H,9-10,12-14,16H2,1-8H3,(H,30,32)/b23-15+,26-11-,27-20+/t22-/m0/s1. The van der Waals surface area contributed by atoms with E-state index < -0.39 is 0 Å². The van der Waals surface area contributed by atoms with Crippen molar-refractivity contribution in [1.82, 2.24) is 15.5 Å². The molecule has 0 fully saturated rings. The minimum Gasteiger partial charge on any atom is -0.375 e. The Bertz CT molecular complexity index is 820. The van der Waals surface area contributed by atoms with Crippen LogP contribution in [0.4, 0.5) is 0 Å². The molecule has 1 rings (SSSR count). The summed E-state index contributed by atoms with van der Waals surface area (Å²) < 4.78 is 0. The van der Waals surface area contributed by atoms with Gasteiger partial charge in [-0.15, -0.1) is 0 Å². The van der Waals surface area contributed by atoms with Gasteiger partial charge in [0.05, 0.1) is 0 Å². The average molecular weight is 440 g/mol. The van der Waals surface area contributed by atoms with Crippen LogP contribution in [-0.2, 0) is 4.79 Å². The van der Waals surface area contributed by atoms with Crippen LogP contribution in [0.25, 0.3) is 11.8 Å². The van der Waals surface area contributed by atoms with Gasteiger partial charge in [0.25, 0.3) is 0 Å². The van der Waals surface area contributed by atoms with Gasteiger partial charge in [-0.2, -0.15) is 0 Å². The Hall–Kier alpha value is -2.49. The summed E-state index contributed by atoms with van der Waals surface area (Å²) >= 11 is 0. The Kier molecular flexibility index (Phi) is 12.5. The van der Waals surface area contributed by atoms with Gasteiger partial charge in [-0.1, -0.05) is 70.7 Å². The van der Waals surface area contributed by atoms with Gasteiger partial charge in [0, 0.05) is 31.4 Å². The minimum atomic E-state index is 0.00708. The van der Waals surface area contributed by atoms with E-state index in [0.29, 0.717) is 0 Å². The number of nitrogens with one attached hydrogen (secondary N) is 2. The fraction of sp³-hybridized carbons (Fsp3) is 0.536. The highest BCUT2D eigenvalue weighted by molar-refractivity contribution is 5.81. The lowest BCUT2D eigenvalue weighted by Gasteiger charge is -2.24. The summed E-state index contributed by atoms with van der Waals surface area (Å²) in [6.07, 6.45) is 13.1. The monoisotopic (exact) mass is 439 g/mol. The molecule has 0 aliphatic carbocycles. The lowest BCUT2D eigenvalue weighted by atomic mass is 10.0. The van der Waals surface area contributed by atoms with Gasteiger partial charge in [-0.25, -0.2) is 0 Å². The molecule has 2 N–H and O–H groups in total. The fourth-order valence-corrected chi connectivity index (χ4v) is 3.72. The molecular weight excluding hydrogens is 394 g/mol. The summed E-state index contributed by atoms with van der Waals surface area (Å²) in [6.45, 7) is 12.7. The predicted octanol–water partition coefficient (Wildman–Crippen LogP) is 6.84. The Morgan fingerprint density at radius 3 is 2.50 bits per heavy atom. The van der Waals surface area contributed by atoms with Crippen LogP contribution in [0.5, 0.6) is 0 Å². The van der Waals surface area contributed by atoms with Crippen molar-refractivity contribution in [1.29, 1.82) is 0 Å². The first-order valence-corrected chi connectivity index (χ1v) is 12.2. The van der Waals surface area contributed by atoms with Crippen LogP contribution in [0.3, 0.4) is 0 Å². The molecule has 1 aromatic carbocycles. The molecule has 1 atom stereocenters. The highest BCUT2D eigenvalue weighted by Crippen LogP contribution is 2.25. The van der Waals surface area contributed by atoms with E-state index in [2.05, 4.69) is 87.6 Å². The quantitative estimate of drug-likeness (QED) is 0.331. The predicted molar refractivity (Wildman–Crippen MR) is 140 cm³/mol. The number of hydrogen-bond acceptors (Lipinski definition) is 3. The van der Waals surface area contributed by atoms with Gasteiger partial charge < -0.3 is 15.5 Å². The Morgan fingerprint density at radius 1 is 1.19 bits per heavy atom. The molecule has 0 saturated carbocycles. The van der Waals surface area contributed by atoms with E-state index in [4.69, 9.17) is 0 Å². The second kappa shape index (κ2) is 14.5. The van der Waals surface area contributed by atoms with Crippen LogP contribution < -0.4 is 10.6 Å². The van der Waals surface area contributed by atoms with Gasteiger partial charge in [-0.05, 0) is 62.4 Å². The zero-order valence-electron chi connectivity index (χ0n) is 21.6. The van der Waals surface area contributed by atoms with Gasteiger partial charge in [-0.3, -0.25) is 4.79 Å². The van der Waals surface area contributed by atoms with Crippen molar-refractivity contribution in [3.63, 3.8) is 0 Å². The Morgan fingerprint density at radius 2 is 1.91 bits per heavy atom. The molecule has 1 aromatic rings. The number of hydrogen-bond donors (Lipinski definition) is 2. The smallest absolute Gasteiger partial charge is 0.228 e. The van der Waals surface area contributed by atoms with E-state index >= 15 is 0 Å². The zero-order valence-corrected chi connectivity index (χ0v) is 21.6. The molecule has 4 nitrogen and oxygen atoms in total. The highest BCUT2D eigenvalue weighted by atomic mass is 16.2. The molecule has 0 spiro atoms. The lowest BCUT2D eigenvalue weighted by Crippen LogP contribution is -2.33. The molecule has 0 unspecified atom stereocenters. The van der Waals surface area contributed by atoms with Crippen molar-refractivity contribution in [3.05, 3.63) is 58.6 Å². The second-order valence-corrected chi connectivity index (χ2v) is 8.61. The zero-order chi connectivity index (χ0) is 24.1. The van der Waals surface area contributed by atoms with Crippen LogP contribution in [0.2, 0.25) is 0 Å². The molecule has 1 amide bonds. The summed E-state index contributed by atoms with van der Waals surface area (Å²) in [6, 6.07) is 6.49. The maximum Gasteiger partial charge on any atom is 0.228 e. The van der Waals surface area contributed by atoms with Crippen molar-refractivity contribution in [2.45, 2.75) is 80.1 Å². The molecule has 0 aliphatic rings. The maximum absolute atomic E-state index is 12.7. The fourth-order valence-electron chi connectivity index (χ4n) is 3.72. The SMILES string of the molecule is C/C=C(/c1ccc(C)c(/C=C(\NC)NC(=O)[C@@H](C)CCCCCC)c1)N(C)/C(C)=C/CC. The van der Waals surface area contributed by atoms with Crippen molar-refractivity contribution in [2.75, 3.05) is 14.1 Å². The van der Waals surface area contributed by atoms with E-state index in [1.807, 2.05) is 20.0 Å². The van der Waals surface area contributed by atoms with E-state index in [1.165, 1.54) is 30.5 Å². The molecule has 0 aliphatic heterocycles. The van der Waals surface area contributed by atoms with Gasteiger partial charge in [0.1, 0.15) is 5.82 Å². The summed E-state index contributed by atoms with van der Waals surface area (Å²) in [5.41, 5.74) is 5.81. The van der Waals surface area contributed by atoms with Gasteiger partial charge in [0.2, 0.25) is 5.91 Å². The number of nitrogens with zero attached hydrogens (tertiary/aromatic N) is 1. The average Bonchev–Trinajstić information content (AvgIpc) is 2.78. The largest absolute Gasteiger partial charge is 0.375 e. The summed E-state index contributed by atoms with van der Waals surface area (Å²) in [7, 11) is 3.95. The number of carbonyl (C=O) groups is 1. The summed E-state index contributed by atoms with van der Waals surface area (Å²) in [5, 5.41) is 6.24. The number of carbonyl (C=O) groups excluding carboxylic acids is 1. The minimum absolute atomic E-state index is 0.00708. The summed E-state index contributed by atoms with van der Waals surface area (Å²) in [4.78, 5) is 14.9. The van der Waals surface area contributed by atoms with Crippen LogP contribution >= 0.6 is 0 Å². The number of amides is 1. The van der Waals surface area contributed by atoms with Crippen LogP contribution in [-0.4, -0.2) is 24.9 Å². The van der Waals surface area contributed by atoms with E-state index in [1.54, 1.807) is 0 Å². The third-order valence-corrected chi connectivity index (χ3v) is 6.00. The van der Waals surface area contributed by atoms with Crippen LogP contribution in [0.15, 0.2) is 41.9 Å². The molecule has 0 aromatic heterocycles. The van der Waals surface area contributed by atoms with Gasteiger partial charge in [0.15, 0.2) is 0 Å². The highest BCUT2D eigenvalue weighted by Gasteiger charge is 2.14.